The molecule has 6 heteroatoms. The van der Waals surface area contributed by atoms with Crippen molar-refractivity contribution in [2.45, 2.75) is 6.61 Å². The van der Waals surface area contributed by atoms with Crippen molar-refractivity contribution in [2.75, 3.05) is 7.11 Å². The van der Waals surface area contributed by atoms with Crippen LogP contribution in [-0.2, 0) is 11.3 Å². The van der Waals surface area contributed by atoms with Crippen molar-refractivity contribution < 1.29 is 14.3 Å². The van der Waals surface area contributed by atoms with E-state index in [0.717, 1.165) is 22.0 Å². The van der Waals surface area contributed by atoms with E-state index in [9.17, 15) is 4.79 Å². The fraction of sp³-hybridized carbons (Fsp3) is 0.133. The van der Waals surface area contributed by atoms with Gasteiger partial charge in [-0.25, -0.2) is 4.79 Å². The second-order valence-electron chi connectivity index (χ2n) is 4.15. The molecular formula is C15H11I3O3. The third-order valence-electron chi connectivity index (χ3n) is 2.78. The summed E-state index contributed by atoms with van der Waals surface area (Å²) >= 11 is 6.67. The molecular weight excluding hydrogens is 609 g/mol. The quantitative estimate of drug-likeness (QED) is 0.279. The molecule has 2 rings (SSSR count). The lowest BCUT2D eigenvalue weighted by Gasteiger charge is -2.09. The number of rotatable bonds is 4. The number of carbonyl (C=O) groups excluding carboxylic acids is 1. The van der Waals surface area contributed by atoms with Crippen LogP contribution < -0.4 is 4.74 Å². The zero-order chi connectivity index (χ0) is 15.4. The van der Waals surface area contributed by atoms with Crippen molar-refractivity contribution >= 4 is 73.7 Å². The van der Waals surface area contributed by atoms with E-state index < -0.39 is 0 Å². The fourth-order valence-corrected chi connectivity index (χ4v) is 3.76. The van der Waals surface area contributed by atoms with Crippen LogP contribution in [0.3, 0.4) is 0 Å². The molecule has 21 heavy (non-hydrogen) atoms. The van der Waals surface area contributed by atoms with Gasteiger partial charge in [0.25, 0.3) is 0 Å². The van der Waals surface area contributed by atoms with Crippen molar-refractivity contribution in [3.05, 3.63) is 58.2 Å². The SMILES string of the molecule is COc1ccc(COC(=O)c2ccc(I)c(I)c2I)cc1. The van der Waals surface area contributed by atoms with Crippen molar-refractivity contribution in [2.24, 2.45) is 0 Å². The normalized spacial score (nSPS) is 10.3. The summed E-state index contributed by atoms with van der Waals surface area (Å²) in [5.41, 5.74) is 1.54. The highest BCUT2D eigenvalue weighted by Crippen LogP contribution is 2.25. The van der Waals surface area contributed by atoms with Gasteiger partial charge in [0.1, 0.15) is 12.4 Å². The van der Waals surface area contributed by atoms with Crippen LogP contribution in [0.25, 0.3) is 0 Å². The number of methoxy groups -OCH3 is 1. The van der Waals surface area contributed by atoms with Gasteiger partial charge in [0, 0.05) is 10.7 Å². The predicted octanol–water partition coefficient (Wildman–Crippen LogP) is 4.87. The first kappa shape index (κ1) is 17.3. The Hall–Kier alpha value is -0.100. The smallest absolute Gasteiger partial charge is 0.339 e. The summed E-state index contributed by atoms with van der Waals surface area (Å²) in [4.78, 5) is 12.2. The van der Waals surface area contributed by atoms with Gasteiger partial charge in [-0.1, -0.05) is 12.1 Å². The molecule has 0 aliphatic rings. The Morgan fingerprint density at radius 1 is 1.00 bits per heavy atom. The van der Waals surface area contributed by atoms with Gasteiger partial charge in [-0.3, -0.25) is 0 Å². The van der Waals surface area contributed by atoms with E-state index in [1.165, 1.54) is 0 Å². The summed E-state index contributed by atoms with van der Waals surface area (Å²) in [5, 5.41) is 0. The Labute approximate surface area is 164 Å². The van der Waals surface area contributed by atoms with Crippen LogP contribution in [0.5, 0.6) is 5.75 Å². The van der Waals surface area contributed by atoms with Gasteiger partial charge in [0.15, 0.2) is 0 Å². The number of hydrogen-bond donors (Lipinski definition) is 0. The van der Waals surface area contributed by atoms with Crippen LogP contribution in [0.15, 0.2) is 36.4 Å². The average Bonchev–Trinajstić information content (AvgIpc) is 2.51. The molecule has 0 aliphatic carbocycles. The van der Waals surface area contributed by atoms with Gasteiger partial charge in [0.05, 0.1) is 12.7 Å². The minimum absolute atomic E-state index is 0.251. The predicted molar refractivity (Wildman–Crippen MR) is 107 cm³/mol. The minimum Gasteiger partial charge on any atom is -0.497 e. The minimum atomic E-state index is -0.301. The summed E-state index contributed by atoms with van der Waals surface area (Å²) in [6.07, 6.45) is 0. The summed E-state index contributed by atoms with van der Waals surface area (Å²) in [7, 11) is 1.62. The fourth-order valence-electron chi connectivity index (χ4n) is 1.63. The van der Waals surface area contributed by atoms with E-state index in [1.54, 1.807) is 7.11 Å². The van der Waals surface area contributed by atoms with Gasteiger partial charge in [-0.15, -0.1) is 0 Å². The Bertz CT molecular complexity index is 654. The molecule has 0 N–H and O–H groups in total. The number of halogens is 3. The molecule has 110 valence electrons. The molecule has 0 fully saturated rings. The maximum Gasteiger partial charge on any atom is 0.339 e. The lowest BCUT2D eigenvalue weighted by atomic mass is 10.2. The largest absolute Gasteiger partial charge is 0.497 e. The molecule has 3 nitrogen and oxygen atoms in total. The first-order valence-electron chi connectivity index (χ1n) is 5.96. The molecule has 2 aromatic carbocycles. The zero-order valence-electron chi connectivity index (χ0n) is 11.0. The van der Waals surface area contributed by atoms with Gasteiger partial charge in [-0.05, 0) is 97.6 Å². The third kappa shape index (κ3) is 4.44. The Balaban J connectivity index is 2.06. The summed E-state index contributed by atoms with van der Waals surface area (Å²) in [6.45, 7) is 0.251. The molecule has 0 saturated heterocycles. The molecule has 0 atom stereocenters. The number of ether oxygens (including phenoxy) is 2. The second kappa shape index (κ2) is 7.95. The van der Waals surface area contributed by atoms with Crippen molar-refractivity contribution in [3.63, 3.8) is 0 Å². The van der Waals surface area contributed by atoms with E-state index in [1.807, 2.05) is 36.4 Å². The highest BCUT2D eigenvalue weighted by molar-refractivity contribution is 14.1. The van der Waals surface area contributed by atoms with Gasteiger partial charge in [-0.2, -0.15) is 0 Å². The molecule has 0 unspecified atom stereocenters. The first-order valence-corrected chi connectivity index (χ1v) is 9.20. The Morgan fingerprint density at radius 3 is 2.29 bits per heavy atom. The van der Waals surface area contributed by atoms with Crippen LogP contribution in [0.1, 0.15) is 15.9 Å². The number of carbonyl (C=O) groups is 1. The monoisotopic (exact) mass is 620 g/mol. The molecule has 0 amide bonds. The second-order valence-corrected chi connectivity index (χ2v) is 7.47. The van der Waals surface area contributed by atoms with Crippen LogP contribution in [0.2, 0.25) is 0 Å². The number of benzene rings is 2. The van der Waals surface area contributed by atoms with E-state index in [-0.39, 0.29) is 12.6 Å². The molecule has 0 saturated carbocycles. The molecule has 0 heterocycles. The van der Waals surface area contributed by atoms with Crippen molar-refractivity contribution in [3.8, 4) is 5.75 Å². The first-order chi connectivity index (χ1) is 10.0. The van der Waals surface area contributed by atoms with Gasteiger partial charge < -0.3 is 9.47 Å². The Kier molecular flexibility index (Phi) is 6.53. The lowest BCUT2D eigenvalue weighted by Crippen LogP contribution is -2.08. The van der Waals surface area contributed by atoms with Crippen LogP contribution in [0.4, 0.5) is 0 Å². The van der Waals surface area contributed by atoms with Crippen molar-refractivity contribution in [1.29, 1.82) is 0 Å². The van der Waals surface area contributed by atoms with Gasteiger partial charge in [0.2, 0.25) is 0 Å². The van der Waals surface area contributed by atoms with E-state index >= 15 is 0 Å². The topological polar surface area (TPSA) is 35.5 Å². The molecule has 0 aromatic heterocycles. The molecule has 2 aromatic rings. The van der Waals surface area contributed by atoms with Crippen LogP contribution >= 0.6 is 67.8 Å². The zero-order valence-corrected chi connectivity index (χ0v) is 17.5. The van der Waals surface area contributed by atoms with E-state index in [2.05, 4.69) is 67.8 Å². The summed E-state index contributed by atoms with van der Waals surface area (Å²) < 4.78 is 13.6. The summed E-state index contributed by atoms with van der Waals surface area (Å²) in [5.74, 6) is 0.483. The molecule has 0 bridgehead atoms. The van der Waals surface area contributed by atoms with Crippen LogP contribution in [-0.4, -0.2) is 13.1 Å². The highest BCUT2D eigenvalue weighted by atomic mass is 127. The molecule has 0 radical (unpaired) electrons. The van der Waals surface area contributed by atoms with Gasteiger partial charge >= 0.3 is 5.97 Å². The average molecular weight is 620 g/mol. The third-order valence-corrected chi connectivity index (χ3v) is 7.99. The van der Waals surface area contributed by atoms with E-state index in [4.69, 9.17) is 9.47 Å². The number of esters is 1. The standard InChI is InChI=1S/C15H11I3O3/c1-20-10-4-2-9(3-5-10)8-21-15(19)11-6-7-12(16)14(18)13(11)17/h2-7H,8H2,1H3. The number of hydrogen-bond acceptors (Lipinski definition) is 3. The molecule has 0 spiro atoms. The Morgan fingerprint density at radius 2 is 1.67 bits per heavy atom. The van der Waals surface area contributed by atoms with E-state index in [0.29, 0.717) is 5.56 Å². The molecule has 0 aliphatic heterocycles. The summed E-state index contributed by atoms with van der Waals surface area (Å²) in [6, 6.07) is 11.2. The maximum atomic E-state index is 12.2. The lowest BCUT2D eigenvalue weighted by molar-refractivity contribution is 0.0471. The van der Waals surface area contributed by atoms with Crippen LogP contribution in [0, 0.1) is 10.7 Å². The maximum absolute atomic E-state index is 12.2. The highest BCUT2D eigenvalue weighted by Gasteiger charge is 2.15. The van der Waals surface area contributed by atoms with Crippen molar-refractivity contribution in [1.82, 2.24) is 0 Å².